The monoisotopic (exact) mass is 257 g/mol. The number of aryl methyl sites for hydroxylation is 1. The molecule has 0 aliphatic heterocycles. The van der Waals surface area contributed by atoms with Gasteiger partial charge in [0.1, 0.15) is 16.8 Å². The van der Waals surface area contributed by atoms with Crippen LogP contribution in [-0.4, -0.2) is 27.2 Å². The molecular weight excluding hydrogens is 238 g/mol. The minimum Gasteiger partial charge on any atom is -0.396 e. The van der Waals surface area contributed by atoms with Crippen LogP contribution in [0.3, 0.4) is 0 Å². The standard InChI is InChI=1S/C12H20ClN3O/c1-4-5-10-14-9(13)8-11(15-10)16-12(2,3)6-7-17/h8,17H,4-7H2,1-3H3,(H,14,15,16). The van der Waals surface area contributed by atoms with Crippen molar-refractivity contribution in [3.8, 4) is 0 Å². The average molecular weight is 258 g/mol. The lowest BCUT2D eigenvalue weighted by molar-refractivity contribution is 0.260. The first-order valence-electron chi connectivity index (χ1n) is 5.89. The summed E-state index contributed by atoms with van der Waals surface area (Å²) in [5.41, 5.74) is -0.212. The molecule has 0 atom stereocenters. The van der Waals surface area contributed by atoms with Gasteiger partial charge in [-0.3, -0.25) is 0 Å². The molecule has 5 heteroatoms. The van der Waals surface area contributed by atoms with Crippen LogP contribution in [0.25, 0.3) is 0 Å². The van der Waals surface area contributed by atoms with Crippen LogP contribution in [0.15, 0.2) is 6.07 Å². The molecule has 17 heavy (non-hydrogen) atoms. The van der Waals surface area contributed by atoms with Gasteiger partial charge in [-0.1, -0.05) is 18.5 Å². The van der Waals surface area contributed by atoms with Crippen molar-refractivity contribution in [3.05, 3.63) is 17.0 Å². The molecular formula is C12H20ClN3O. The first kappa shape index (κ1) is 14.2. The fraction of sp³-hybridized carbons (Fsp3) is 0.667. The molecule has 2 N–H and O–H groups in total. The molecule has 0 unspecified atom stereocenters. The number of hydrogen-bond donors (Lipinski definition) is 2. The average Bonchev–Trinajstić information content (AvgIpc) is 2.15. The van der Waals surface area contributed by atoms with Crippen molar-refractivity contribution < 1.29 is 5.11 Å². The van der Waals surface area contributed by atoms with E-state index in [1.54, 1.807) is 6.07 Å². The van der Waals surface area contributed by atoms with E-state index in [0.29, 0.717) is 17.4 Å². The predicted molar refractivity (Wildman–Crippen MR) is 70.4 cm³/mol. The Morgan fingerprint density at radius 2 is 2.12 bits per heavy atom. The fourth-order valence-electron chi connectivity index (χ4n) is 1.55. The molecule has 0 aliphatic carbocycles. The summed E-state index contributed by atoms with van der Waals surface area (Å²) in [5, 5.41) is 12.7. The van der Waals surface area contributed by atoms with E-state index < -0.39 is 0 Å². The summed E-state index contributed by atoms with van der Waals surface area (Å²) >= 11 is 5.95. The third-order valence-electron chi connectivity index (χ3n) is 2.42. The van der Waals surface area contributed by atoms with Gasteiger partial charge in [0.15, 0.2) is 0 Å². The lowest BCUT2D eigenvalue weighted by atomic mass is 10.0. The van der Waals surface area contributed by atoms with Crippen molar-refractivity contribution in [2.45, 2.75) is 45.6 Å². The molecule has 1 aromatic heterocycles. The second kappa shape index (κ2) is 6.17. The summed E-state index contributed by atoms with van der Waals surface area (Å²) < 4.78 is 0. The van der Waals surface area contributed by atoms with E-state index in [9.17, 15) is 0 Å². The van der Waals surface area contributed by atoms with Gasteiger partial charge in [-0.2, -0.15) is 0 Å². The Balaban J connectivity index is 2.83. The van der Waals surface area contributed by atoms with Crippen LogP contribution in [0.4, 0.5) is 5.82 Å². The lowest BCUT2D eigenvalue weighted by Gasteiger charge is -2.26. The molecule has 0 aromatic carbocycles. The summed E-state index contributed by atoms with van der Waals surface area (Å²) in [7, 11) is 0. The van der Waals surface area contributed by atoms with Crippen LogP contribution in [0.5, 0.6) is 0 Å². The second-order valence-corrected chi connectivity index (χ2v) is 5.11. The van der Waals surface area contributed by atoms with Gasteiger partial charge in [0.2, 0.25) is 0 Å². The maximum absolute atomic E-state index is 8.97. The summed E-state index contributed by atoms with van der Waals surface area (Å²) in [6, 6.07) is 1.71. The summed E-state index contributed by atoms with van der Waals surface area (Å²) in [5.74, 6) is 1.47. The molecule has 96 valence electrons. The van der Waals surface area contributed by atoms with Gasteiger partial charge < -0.3 is 10.4 Å². The molecule has 0 saturated carbocycles. The number of aromatic nitrogens is 2. The summed E-state index contributed by atoms with van der Waals surface area (Å²) in [4.78, 5) is 8.57. The first-order valence-corrected chi connectivity index (χ1v) is 6.27. The first-order chi connectivity index (χ1) is 7.96. The van der Waals surface area contributed by atoms with E-state index >= 15 is 0 Å². The molecule has 0 bridgehead atoms. The van der Waals surface area contributed by atoms with Gasteiger partial charge in [-0.15, -0.1) is 0 Å². The van der Waals surface area contributed by atoms with Crippen molar-refractivity contribution in [1.29, 1.82) is 0 Å². The van der Waals surface area contributed by atoms with Crippen molar-refractivity contribution in [2.75, 3.05) is 11.9 Å². The smallest absolute Gasteiger partial charge is 0.134 e. The maximum atomic E-state index is 8.97. The van der Waals surface area contributed by atoms with Crippen LogP contribution in [-0.2, 0) is 6.42 Å². The van der Waals surface area contributed by atoms with Crippen LogP contribution in [0.2, 0.25) is 5.15 Å². The predicted octanol–water partition coefficient (Wildman–Crippen LogP) is 2.66. The van der Waals surface area contributed by atoms with Crippen LogP contribution < -0.4 is 5.32 Å². The third kappa shape index (κ3) is 4.88. The zero-order valence-corrected chi connectivity index (χ0v) is 11.4. The Morgan fingerprint density at radius 1 is 1.41 bits per heavy atom. The quantitative estimate of drug-likeness (QED) is 0.770. The molecule has 1 rings (SSSR count). The number of aliphatic hydroxyl groups is 1. The Labute approximate surface area is 107 Å². The number of nitrogens with one attached hydrogen (secondary N) is 1. The number of hydrogen-bond acceptors (Lipinski definition) is 4. The SMILES string of the molecule is CCCc1nc(Cl)cc(NC(C)(C)CCO)n1. The Morgan fingerprint density at radius 3 is 2.71 bits per heavy atom. The molecule has 0 aliphatic rings. The minimum absolute atomic E-state index is 0.140. The van der Waals surface area contributed by atoms with Gasteiger partial charge in [-0.25, -0.2) is 9.97 Å². The van der Waals surface area contributed by atoms with Gasteiger partial charge in [-0.05, 0) is 26.7 Å². The van der Waals surface area contributed by atoms with Crippen molar-refractivity contribution in [3.63, 3.8) is 0 Å². The highest BCUT2D eigenvalue weighted by Crippen LogP contribution is 2.19. The van der Waals surface area contributed by atoms with Crippen LogP contribution in [0.1, 0.15) is 39.4 Å². The molecule has 4 nitrogen and oxygen atoms in total. The number of aliphatic hydroxyl groups excluding tert-OH is 1. The molecule has 1 heterocycles. The van der Waals surface area contributed by atoms with Crippen LogP contribution >= 0.6 is 11.6 Å². The Bertz CT molecular complexity index is 369. The van der Waals surface area contributed by atoms with Crippen molar-refractivity contribution >= 4 is 17.4 Å². The maximum Gasteiger partial charge on any atom is 0.134 e. The van der Waals surface area contributed by atoms with E-state index in [1.807, 2.05) is 13.8 Å². The van der Waals surface area contributed by atoms with Crippen molar-refractivity contribution in [2.24, 2.45) is 0 Å². The highest BCUT2D eigenvalue weighted by Gasteiger charge is 2.17. The van der Waals surface area contributed by atoms with Gasteiger partial charge in [0.25, 0.3) is 0 Å². The third-order valence-corrected chi connectivity index (χ3v) is 2.61. The number of halogens is 1. The van der Waals surface area contributed by atoms with Gasteiger partial charge in [0, 0.05) is 24.6 Å². The van der Waals surface area contributed by atoms with Crippen molar-refractivity contribution in [1.82, 2.24) is 9.97 Å². The number of nitrogens with zero attached hydrogens (tertiary/aromatic N) is 2. The Hall–Kier alpha value is -0.870. The summed E-state index contributed by atoms with van der Waals surface area (Å²) in [6.45, 7) is 6.24. The highest BCUT2D eigenvalue weighted by molar-refractivity contribution is 6.29. The highest BCUT2D eigenvalue weighted by atomic mass is 35.5. The van der Waals surface area contributed by atoms with Crippen LogP contribution in [0, 0.1) is 0 Å². The van der Waals surface area contributed by atoms with E-state index in [0.717, 1.165) is 18.7 Å². The number of anilines is 1. The van der Waals surface area contributed by atoms with E-state index in [1.165, 1.54) is 0 Å². The largest absolute Gasteiger partial charge is 0.396 e. The topological polar surface area (TPSA) is 58.0 Å². The van der Waals surface area contributed by atoms with E-state index in [-0.39, 0.29) is 12.1 Å². The minimum atomic E-state index is -0.212. The normalized spacial score (nSPS) is 11.6. The molecule has 0 fully saturated rings. The molecule has 0 amide bonds. The lowest BCUT2D eigenvalue weighted by Crippen LogP contribution is -2.32. The molecule has 1 aromatic rings. The second-order valence-electron chi connectivity index (χ2n) is 4.72. The zero-order chi connectivity index (χ0) is 12.9. The Kier molecular flexibility index (Phi) is 5.15. The molecule has 0 spiro atoms. The molecule has 0 radical (unpaired) electrons. The number of rotatable bonds is 6. The van der Waals surface area contributed by atoms with E-state index in [4.69, 9.17) is 16.7 Å². The molecule has 0 saturated heterocycles. The van der Waals surface area contributed by atoms with Gasteiger partial charge in [0.05, 0.1) is 0 Å². The fourth-order valence-corrected chi connectivity index (χ4v) is 1.75. The summed E-state index contributed by atoms with van der Waals surface area (Å²) in [6.07, 6.45) is 2.45. The van der Waals surface area contributed by atoms with Gasteiger partial charge >= 0.3 is 0 Å². The van der Waals surface area contributed by atoms with E-state index in [2.05, 4.69) is 22.2 Å². The zero-order valence-electron chi connectivity index (χ0n) is 10.6.